The zero-order chi connectivity index (χ0) is 30.4. The zero-order valence-corrected chi connectivity index (χ0v) is 29.5. The monoisotopic (exact) mass is 640 g/mol. The topological polar surface area (TPSA) is 0 Å². The molecule has 0 unspecified atom stereocenters. The fourth-order valence-electron chi connectivity index (χ4n) is 6.92. The third-order valence-electron chi connectivity index (χ3n) is 9.26. The average Bonchev–Trinajstić information content (AvgIpc) is 3.58. The summed E-state index contributed by atoms with van der Waals surface area (Å²) in [5, 5.41) is 0. The van der Waals surface area contributed by atoms with Crippen LogP contribution in [0.3, 0.4) is 0 Å². The summed E-state index contributed by atoms with van der Waals surface area (Å²) in [4.78, 5) is 0. The second-order valence-electron chi connectivity index (χ2n) is 14.5. The third-order valence-corrected chi connectivity index (χ3v) is 17.5. The second kappa shape index (κ2) is 11.9. The van der Waals surface area contributed by atoms with E-state index in [9.17, 15) is 0 Å². The molecule has 0 fully saturated rings. The van der Waals surface area contributed by atoms with E-state index in [0.717, 1.165) is 6.42 Å². The van der Waals surface area contributed by atoms with E-state index in [0.29, 0.717) is 3.63 Å². The average molecular weight is 642 g/mol. The molecule has 0 saturated carbocycles. The molecule has 0 nitrogen and oxygen atoms in total. The van der Waals surface area contributed by atoms with Gasteiger partial charge in [-0.1, -0.05) is 0 Å². The normalized spacial score (nSPS) is 14.7. The molecule has 43 heavy (non-hydrogen) atoms. The van der Waals surface area contributed by atoms with Crippen LogP contribution in [0.4, 0.5) is 0 Å². The quantitative estimate of drug-likeness (QED) is 0.196. The molecule has 0 saturated heterocycles. The van der Waals surface area contributed by atoms with Gasteiger partial charge in [0.2, 0.25) is 0 Å². The summed E-state index contributed by atoms with van der Waals surface area (Å²) in [5.74, 6) is 0. The zero-order valence-electron chi connectivity index (χ0n) is 27.1. The Labute approximate surface area is 267 Å². The summed E-state index contributed by atoms with van der Waals surface area (Å²) >= 11 is -2.73. The van der Waals surface area contributed by atoms with Crippen LogP contribution in [0.15, 0.2) is 118 Å². The number of rotatable bonds is 6. The van der Waals surface area contributed by atoms with Crippen LogP contribution in [-0.4, -0.2) is 3.21 Å². The van der Waals surface area contributed by atoms with Gasteiger partial charge in [-0.2, -0.15) is 0 Å². The van der Waals surface area contributed by atoms with Crippen LogP contribution in [-0.2, 0) is 32.1 Å². The molecule has 1 heteroatoms. The van der Waals surface area contributed by atoms with Gasteiger partial charge in [0.1, 0.15) is 0 Å². The van der Waals surface area contributed by atoms with Gasteiger partial charge in [0, 0.05) is 0 Å². The molecule has 2 aliphatic carbocycles. The Morgan fingerprint density at radius 1 is 0.674 bits per heavy atom. The van der Waals surface area contributed by atoms with Crippen molar-refractivity contribution in [2.24, 2.45) is 0 Å². The molecule has 2 aliphatic rings. The van der Waals surface area contributed by atoms with Crippen LogP contribution >= 0.6 is 0 Å². The van der Waals surface area contributed by atoms with Crippen molar-refractivity contribution >= 4 is 3.21 Å². The van der Waals surface area contributed by atoms with Crippen LogP contribution in [0.25, 0.3) is 11.1 Å². The Morgan fingerprint density at radius 3 is 1.60 bits per heavy atom. The maximum absolute atomic E-state index is 2.73. The number of allylic oxidation sites excluding steroid dienone is 4. The van der Waals surface area contributed by atoms with Gasteiger partial charge in [-0.05, 0) is 0 Å². The van der Waals surface area contributed by atoms with Gasteiger partial charge >= 0.3 is 269 Å². The van der Waals surface area contributed by atoms with Crippen LogP contribution in [0, 0.1) is 0 Å². The first-order valence-corrected chi connectivity index (χ1v) is 20.0. The van der Waals surface area contributed by atoms with Crippen molar-refractivity contribution in [2.75, 3.05) is 0 Å². The maximum atomic E-state index is 2.64. The molecule has 218 valence electrons. The summed E-state index contributed by atoms with van der Waals surface area (Å²) in [6, 6.07) is 37.6. The number of benzene rings is 4. The van der Waals surface area contributed by atoms with Crippen molar-refractivity contribution in [1.29, 1.82) is 0 Å². The molecule has 0 N–H and O–H groups in total. The fourth-order valence-corrected chi connectivity index (χ4v) is 16.0. The molecular formula is C42H46Zr. The van der Waals surface area contributed by atoms with Gasteiger partial charge in [-0.15, -0.1) is 0 Å². The Kier molecular flexibility index (Phi) is 8.34. The van der Waals surface area contributed by atoms with E-state index in [1.165, 1.54) is 46.2 Å². The van der Waals surface area contributed by atoms with Crippen molar-refractivity contribution in [3.05, 3.63) is 151 Å². The van der Waals surface area contributed by atoms with Crippen molar-refractivity contribution in [2.45, 2.75) is 82.2 Å². The van der Waals surface area contributed by atoms with E-state index >= 15 is 0 Å². The summed E-state index contributed by atoms with van der Waals surface area (Å²) in [7, 11) is 0. The first kappa shape index (κ1) is 30.2. The molecule has 0 radical (unpaired) electrons. The van der Waals surface area contributed by atoms with E-state index in [2.05, 4.69) is 158 Å². The molecule has 4 aromatic rings. The summed E-state index contributed by atoms with van der Waals surface area (Å²) in [6.07, 6.45) is 8.66. The fraction of sp³-hybridized carbons (Fsp3) is 0.310. The molecule has 0 spiro atoms. The van der Waals surface area contributed by atoms with E-state index in [4.69, 9.17) is 0 Å². The Morgan fingerprint density at radius 2 is 1.16 bits per heavy atom. The van der Waals surface area contributed by atoms with E-state index in [-0.39, 0.29) is 10.8 Å². The molecule has 4 aromatic carbocycles. The molecule has 0 heterocycles. The van der Waals surface area contributed by atoms with Crippen molar-refractivity contribution in [1.82, 2.24) is 0 Å². The Balaban J connectivity index is 1.73. The molecule has 6 rings (SSSR count). The van der Waals surface area contributed by atoms with Gasteiger partial charge in [0.15, 0.2) is 0 Å². The molecular weight excluding hydrogens is 596 g/mol. The van der Waals surface area contributed by atoms with Crippen molar-refractivity contribution in [3.8, 4) is 11.1 Å². The molecule has 0 bridgehead atoms. The van der Waals surface area contributed by atoms with Gasteiger partial charge in [-0.3, -0.25) is 0 Å². The van der Waals surface area contributed by atoms with E-state index in [1.54, 1.807) is 23.2 Å². The summed E-state index contributed by atoms with van der Waals surface area (Å²) in [5.41, 5.74) is 13.5. The first-order chi connectivity index (χ1) is 20.6. The Hall–Kier alpha value is -2.89. The molecule has 0 amide bonds. The predicted molar refractivity (Wildman–Crippen MR) is 183 cm³/mol. The van der Waals surface area contributed by atoms with Crippen molar-refractivity contribution in [3.63, 3.8) is 0 Å². The first-order valence-electron chi connectivity index (χ1n) is 16.1. The molecule has 0 atom stereocenters. The van der Waals surface area contributed by atoms with Crippen LogP contribution in [0.5, 0.6) is 0 Å². The molecule has 0 aromatic heterocycles. The third kappa shape index (κ3) is 5.96. The number of fused-ring (bicyclic) bond motifs is 3. The van der Waals surface area contributed by atoms with Crippen LogP contribution < -0.4 is 0 Å². The SMILES string of the molecule is CCCC1=CC[C]([Zr](=[C](c2ccccc2)c2ccccc2)[CH]2c3cc(C(C)(C)C)ccc3-c3ccc(C(C)(C)C)cc32)=C1. The van der Waals surface area contributed by atoms with Crippen molar-refractivity contribution < 1.29 is 21.3 Å². The minimum atomic E-state index is -2.73. The Bertz CT molecular complexity index is 1630. The predicted octanol–water partition coefficient (Wildman–Crippen LogP) is 11.3. The number of hydrogen-bond acceptors (Lipinski definition) is 0. The van der Waals surface area contributed by atoms with Gasteiger partial charge < -0.3 is 0 Å². The second-order valence-corrected chi connectivity index (χ2v) is 20.7. The van der Waals surface area contributed by atoms with Crippen LogP contribution in [0.2, 0.25) is 0 Å². The van der Waals surface area contributed by atoms with Crippen LogP contribution in [0.1, 0.15) is 105 Å². The minimum absolute atomic E-state index is 0.0995. The molecule has 0 aliphatic heterocycles. The van der Waals surface area contributed by atoms with E-state index in [1.807, 2.05) is 0 Å². The summed E-state index contributed by atoms with van der Waals surface area (Å²) < 4.78 is 3.79. The van der Waals surface area contributed by atoms with Gasteiger partial charge in [0.05, 0.1) is 0 Å². The summed E-state index contributed by atoms with van der Waals surface area (Å²) in [6.45, 7) is 16.4. The van der Waals surface area contributed by atoms with E-state index < -0.39 is 21.3 Å². The number of hydrogen-bond donors (Lipinski definition) is 0. The van der Waals surface area contributed by atoms with Gasteiger partial charge in [-0.25, -0.2) is 0 Å². The standard InChI is InChI=1S/C21H25.C13H10.C8H11.Zr/c1-20(2,3)16-7-9-18-14(12-16)11-15-13-17(21(4,5)6)8-10-19(15)18;1-3-7-12(8-4-1)11-13-9-5-2-6-10-13;1-2-5-8-6-3-4-7-8;/h7-13H,1-6H3;1-10H;6-7H,2-3,5H2,1H3;. The van der Waals surface area contributed by atoms with Gasteiger partial charge in [0.25, 0.3) is 0 Å².